The van der Waals surface area contributed by atoms with E-state index in [1.807, 2.05) is 29.6 Å². The minimum Gasteiger partial charge on any atom is -0.393 e. The fraction of sp³-hybridized carbons (Fsp3) is 0.375. The Balaban J connectivity index is 1.97. The van der Waals surface area contributed by atoms with Crippen molar-refractivity contribution in [2.24, 2.45) is 0 Å². The summed E-state index contributed by atoms with van der Waals surface area (Å²) in [5, 5.41) is 15.9. The lowest BCUT2D eigenvalue weighted by Gasteiger charge is -2.31. The van der Waals surface area contributed by atoms with E-state index in [-0.39, 0.29) is 6.10 Å². The van der Waals surface area contributed by atoms with Gasteiger partial charge in [-0.3, -0.25) is 0 Å². The highest BCUT2D eigenvalue weighted by Gasteiger charge is 2.22. The topological polar surface area (TPSA) is 53.7 Å². The number of anilines is 1. The van der Waals surface area contributed by atoms with Crippen molar-refractivity contribution in [1.82, 2.24) is 14.6 Å². The van der Waals surface area contributed by atoms with Crippen molar-refractivity contribution < 1.29 is 5.11 Å². The monoisotopic (exact) mass is 316 g/mol. The predicted octanol–water partition coefficient (Wildman–Crippen LogP) is 2.81. The lowest BCUT2D eigenvalue weighted by molar-refractivity contribution is 0.145. The number of fused-ring (bicyclic) bond motifs is 3. The number of nitrogens with zero attached hydrogens (tertiary/aromatic N) is 4. The third-order valence-electron chi connectivity index (χ3n) is 4.31. The van der Waals surface area contributed by atoms with Gasteiger partial charge >= 0.3 is 0 Å². The Bertz CT molecular complexity index is 852. The molecule has 1 N–H and O–H groups in total. The van der Waals surface area contributed by atoms with Gasteiger partial charge in [-0.15, -0.1) is 0 Å². The van der Waals surface area contributed by atoms with E-state index in [0.717, 1.165) is 48.3 Å². The van der Waals surface area contributed by atoms with Gasteiger partial charge in [0.15, 0.2) is 5.65 Å². The number of para-hydroxylation sites is 1. The molecule has 1 saturated heterocycles. The number of rotatable bonds is 1. The fourth-order valence-corrected chi connectivity index (χ4v) is 3.25. The molecule has 6 heteroatoms. The lowest BCUT2D eigenvalue weighted by atomic mass is 10.1. The number of hydrogen-bond donors (Lipinski definition) is 1. The number of aliphatic hydroxyl groups excluding tert-OH is 1. The Morgan fingerprint density at radius 2 is 1.95 bits per heavy atom. The zero-order valence-electron chi connectivity index (χ0n) is 12.3. The molecule has 0 atom stereocenters. The van der Waals surface area contributed by atoms with Gasteiger partial charge in [-0.1, -0.05) is 23.7 Å². The number of hydrogen-bond acceptors (Lipinski definition) is 4. The summed E-state index contributed by atoms with van der Waals surface area (Å²) in [5.74, 6) is 0.928. The van der Waals surface area contributed by atoms with Crippen LogP contribution in [-0.2, 0) is 0 Å². The Hall–Kier alpha value is -1.85. The van der Waals surface area contributed by atoms with Crippen LogP contribution in [-0.4, -0.2) is 38.9 Å². The summed E-state index contributed by atoms with van der Waals surface area (Å²) in [6, 6.07) is 8.11. The highest BCUT2D eigenvalue weighted by molar-refractivity contribution is 6.34. The van der Waals surface area contributed by atoms with E-state index in [9.17, 15) is 5.11 Å². The second-order valence-corrected chi connectivity index (χ2v) is 6.18. The first-order valence-corrected chi connectivity index (χ1v) is 7.89. The van der Waals surface area contributed by atoms with Crippen LogP contribution in [0.4, 0.5) is 5.82 Å². The minimum absolute atomic E-state index is 0.202. The summed E-state index contributed by atoms with van der Waals surface area (Å²) < 4.78 is 1.81. The highest BCUT2D eigenvalue weighted by Crippen LogP contribution is 2.31. The van der Waals surface area contributed by atoms with E-state index >= 15 is 0 Å². The number of piperidine rings is 1. The molecule has 0 saturated carbocycles. The van der Waals surface area contributed by atoms with Crippen LogP contribution < -0.4 is 4.90 Å². The first-order valence-electron chi connectivity index (χ1n) is 7.52. The Kier molecular flexibility index (Phi) is 3.20. The Morgan fingerprint density at radius 1 is 1.23 bits per heavy atom. The standard InChI is InChI=1S/C16H17ClN4O/c1-10-14(17)16-18-15(20-8-6-11(22)7-9-20)12-4-2-3-5-13(12)21(16)19-10/h2-5,11,22H,6-9H2,1H3. The molecule has 3 heterocycles. The predicted molar refractivity (Wildman–Crippen MR) is 87.7 cm³/mol. The van der Waals surface area contributed by atoms with E-state index in [1.54, 1.807) is 0 Å². The molecule has 1 fully saturated rings. The van der Waals surface area contributed by atoms with E-state index in [1.165, 1.54) is 0 Å². The zero-order chi connectivity index (χ0) is 15.3. The summed E-state index contributed by atoms with van der Waals surface area (Å²) in [6.07, 6.45) is 1.34. The molecule has 3 aromatic rings. The van der Waals surface area contributed by atoms with Gasteiger partial charge in [-0.2, -0.15) is 5.10 Å². The molecular formula is C16H17ClN4O. The second kappa shape index (κ2) is 5.11. The summed E-state index contributed by atoms with van der Waals surface area (Å²) in [4.78, 5) is 7.02. The van der Waals surface area contributed by atoms with Crippen LogP contribution in [0, 0.1) is 6.92 Å². The molecule has 1 aliphatic heterocycles. The number of aliphatic hydroxyl groups is 1. The van der Waals surface area contributed by atoms with E-state index in [4.69, 9.17) is 16.6 Å². The Labute approximate surface area is 133 Å². The van der Waals surface area contributed by atoms with Crippen LogP contribution >= 0.6 is 11.6 Å². The highest BCUT2D eigenvalue weighted by atomic mass is 35.5. The molecule has 114 valence electrons. The van der Waals surface area contributed by atoms with Gasteiger partial charge in [0.05, 0.1) is 17.3 Å². The normalized spacial score (nSPS) is 16.8. The maximum Gasteiger partial charge on any atom is 0.176 e. The number of benzene rings is 1. The van der Waals surface area contributed by atoms with Crippen molar-refractivity contribution in [3.63, 3.8) is 0 Å². The molecule has 0 unspecified atom stereocenters. The van der Waals surface area contributed by atoms with Crippen LogP contribution in [0.5, 0.6) is 0 Å². The van der Waals surface area contributed by atoms with Crippen molar-refractivity contribution in [3.8, 4) is 0 Å². The van der Waals surface area contributed by atoms with E-state index in [2.05, 4.69) is 16.1 Å². The van der Waals surface area contributed by atoms with Crippen LogP contribution in [0.25, 0.3) is 16.6 Å². The molecule has 1 aliphatic rings. The maximum absolute atomic E-state index is 9.72. The second-order valence-electron chi connectivity index (χ2n) is 5.81. The average Bonchev–Trinajstić information content (AvgIpc) is 2.83. The third-order valence-corrected chi connectivity index (χ3v) is 4.76. The first-order chi connectivity index (χ1) is 10.6. The molecule has 0 radical (unpaired) electrons. The van der Waals surface area contributed by atoms with Crippen molar-refractivity contribution >= 4 is 34.0 Å². The van der Waals surface area contributed by atoms with Crippen molar-refractivity contribution in [2.75, 3.05) is 18.0 Å². The molecule has 1 aromatic carbocycles. The molecule has 22 heavy (non-hydrogen) atoms. The van der Waals surface area contributed by atoms with Gasteiger partial charge in [0.25, 0.3) is 0 Å². The van der Waals surface area contributed by atoms with E-state index < -0.39 is 0 Å². The zero-order valence-corrected chi connectivity index (χ0v) is 13.1. The van der Waals surface area contributed by atoms with Gasteiger partial charge < -0.3 is 10.0 Å². The molecule has 2 aromatic heterocycles. The maximum atomic E-state index is 9.72. The van der Waals surface area contributed by atoms with Crippen LogP contribution in [0.15, 0.2) is 24.3 Å². The van der Waals surface area contributed by atoms with Crippen LogP contribution in [0.2, 0.25) is 5.02 Å². The lowest BCUT2D eigenvalue weighted by Crippen LogP contribution is -2.36. The largest absolute Gasteiger partial charge is 0.393 e. The summed E-state index contributed by atoms with van der Waals surface area (Å²) in [6.45, 7) is 3.50. The van der Waals surface area contributed by atoms with Crippen LogP contribution in [0.1, 0.15) is 18.5 Å². The molecule has 0 amide bonds. The van der Waals surface area contributed by atoms with E-state index in [0.29, 0.717) is 10.7 Å². The molecule has 0 aliphatic carbocycles. The van der Waals surface area contributed by atoms with Gasteiger partial charge in [-0.05, 0) is 31.9 Å². The summed E-state index contributed by atoms with van der Waals surface area (Å²) in [5.41, 5.74) is 2.48. The van der Waals surface area contributed by atoms with Gasteiger partial charge in [0.2, 0.25) is 0 Å². The molecular weight excluding hydrogens is 300 g/mol. The molecule has 0 bridgehead atoms. The van der Waals surface area contributed by atoms with Crippen LogP contribution in [0.3, 0.4) is 0 Å². The van der Waals surface area contributed by atoms with Crippen molar-refractivity contribution in [3.05, 3.63) is 35.0 Å². The Morgan fingerprint density at radius 3 is 2.73 bits per heavy atom. The van der Waals surface area contributed by atoms with Gasteiger partial charge in [-0.25, -0.2) is 9.50 Å². The van der Waals surface area contributed by atoms with Gasteiger partial charge in [0.1, 0.15) is 10.8 Å². The average molecular weight is 317 g/mol. The SMILES string of the molecule is Cc1nn2c(nc(N3CCC(O)CC3)c3ccccc32)c1Cl. The smallest absolute Gasteiger partial charge is 0.176 e. The molecule has 0 spiro atoms. The summed E-state index contributed by atoms with van der Waals surface area (Å²) in [7, 11) is 0. The summed E-state index contributed by atoms with van der Waals surface area (Å²) >= 11 is 6.37. The van der Waals surface area contributed by atoms with Crippen molar-refractivity contribution in [2.45, 2.75) is 25.9 Å². The quantitative estimate of drug-likeness (QED) is 0.750. The number of aromatic nitrogens is 3. The fourth-order valence-electron chi connectivity index (χ4n) is 3.09. The molecule has 4 rings (SSSR count). The minimum atomic E-state index is -0.202. The first kappa shape index (κ1) is 13.8. The number of aryl methyl sites for hydroxylation is 1. The molecule has 5 nitrogen and oxygen atoms in total. The van der Waals surface area contributed by atoms with Gasteiger partial charge in [0, 0.05) is 18.5 Å². The van der Waals surface area contributed by atoms with Crippen molar-refractivity contribution in [1.29, 1.82) is 0 Å². The third kappa shape index (κ3) is 2.04. The number of halogens is 1.